The number of ether oxygens (including phenoxy) is 1. The number of aryl methyl sites for hydroxylation is 1. The molecule has 1 amide bonds. The van der Waals surface area contributed by atoms with Crippen LogP contribution in [0.5, 0.6) is 0 Å². The highest BCUT2D eigenvalue weighted by Gasteiger charge is 2.28. The molecule has 140 valence electrons. The molecule has 8 heteroatoms. The van der Waals surface area contributed by atoms with Crippen molar-refractivity contribution in [3.8, 4) is 0 Å². The summed E-state index contributed by atoms with van der Waals surface area (Å²) in [6.45, 7) is 7.34. The average molecular weight is 396 g/mol. The summed E-state index contributed by atoms with van der Waals surface area (Å²) < 4.78 is 5.61. The molecule has 3 rings (SSSR count). The van der Waals surface area contributed by atoms with Gasteiger partial charge in [-0.1, -0.05) is 11.6 Å². The van der Waals surface area contributed by atoms with Gasteiger partial charge in [0.05, 0.1) is 17.0 Å². The third-order valence-electron chi connectivity index (χ3n) is 4.71. The lowest BCUT2D eigenvalue weighted by atomic mass is 10.1. The number of piperazine rings is 1. The van der Waals surface area contributed by atoms with Gasteiger partial charge < -0.3 is 14.6 Å². The Morgan fingerprint density at radius 2 is 1.92 bits per heavy atom. The molecule has 2 aromatic heterocycles. The van der Waals surface area contributed by atoms with Crippen molar-refractivity contribution >= 4 is 34.8 Å². The van der Waals surface area contributed by atoms with Gasteiger partial charge in [-0.25, -0.2) is 4.79 Å². The maximum Gasteiger partial charge on any atom is 0.339 e. The van der Waals surface area contributed by atoms with Crippen LogP contribution in [-0.4, -0.2) is 59.9 Å². The van der Waals surface area contributed by atoms with Crippen molar-refractivity contribution in [1.82, 2.24) is 14.8 Å². The van der Waals surface area contributed by atoms with E-state index in [4.69, 9.17) is 16.3 Å². The first-order chi connectivity index (χ1) is 12.4. The summed E-state index contributed by atoms with van der Waals surface area (Å²) in [6.07, 6.45) is 0. The fraction of sp³-hybridized carbons (Fsp3) is 0.444. The molecular weight excluding hydrogens is 374 g/mol. The minimum absolute atomic E-state index is 0.0698. The molecule has 1 N–H and O–H groups in total. The molecule has 0 saturated carbocycles. The molecular formula is C18H22ClN3O3S. The van der Waals surface area contributed by atoms with Gasteiger partial charge >= 0.3 is 5.97 Å². The first kappa shape index (κ1) is 18.9. The van der Waals surface area contributed by atoms with Crippen LogP contribution in [0, 0.1) is 13.8 Å². The Balaban J connectivity index is 1.64. The molecule has 1 fully saturated rings. The maximum absolute atomic E-state index is 12.9. The van der Waals surface area contributed by atoms with Gasteiger partial charge in [0.2, 0.25) is 0 Å². The lowest BCUT2D eigenvalue weighted by Gasteiger charge is -2.34. The first-order valence-electron chi connectivity index (χ1n) is 8.44. The van der Waals surface area contributed by atoms with Crippen molar-refractivity contribution in [3.05, 3.63) is 43.9 Å². The standard InChI is InChI=1S/C18H22ClN3O3S/c1-11-15(18(24)25-3)12(2)20-16(11)17(23)22-8-6-21(7-9-22)10-13-4-5-14(19)26-13/h4-5,20H,6-10H2,1-3H3. The van der Waals surface area contributed by atoms with Crippen molar-refractivity contribution < 1.29 is 14.3 Å². The van der Waals surface area contributed by atoms with Crippen LogP contribution in [0.15, 0.2) is 12.1 Å². The predicted molar refractivity (Wildman–Crippen MR) is 102 cm³/mol. The number of carbonyl (C=O) groups excluding carboxylic acids is 2. The summed E-state index contributed by atoms with van der Waals surface area (Å²) in [5.41, 5.74) is 2.23. The zero-order valence-corrected chi connectivity index (χ0v) is 16.7. The number of halogens is 1. The minimum atomic E-state index is -0.422. The normalized spacial score (nSPS) is 15.3. The molecule has 0 spiro atoms. The van der Waals surface area contributed by atoms with E-state index in [-0.39, 0.29) is 5.91 Å². The molecule has 1 aliphatic heterocycles. The summed E-state index contributed by atoms with van der Waals surface area (Å²) in [5.74, 6) is -0.491. The van der Waals surface area contributed by atoms with Crippen molar-refractivity contribution in [3.63, 3.8) is 0 Å². The van der Waals surface area contributed by atoms with Gasteiger partial charge in [0.15, 0.2) is 0 Å². The van der Waals surface area contributed by atoms with Crippen LogP contribution in [0.1, 0.15) is 37.0 Å². The molecule has 0 radical (unpaired) electrons. The number of hydrogen-bond acceptors (Lipinski definition) is 5. The van der Waals surface area contributed by atoms with Crippen LogP contribution in [-0.2, 0) is 11.3 Å². The molecule has 0 aliphatic carbocycles. The molecule has 2 aromatic rings. The number of thiophene rings is 1. The maximum atomic E-state index is 12.9. The van der Waals surface area contributed by atoms with Crippen molar-refractivity contribution in [1.29, 1.82) is 0 Å². The number of H-pyrrole nitrogens is 1. The smallest absolute Gasteiger partial charge is 0.339 e. The van der Waals surface area contributed by atoms with Gasteiger partial charge in [-0.3, -0.25) is 9.69 Å². The zero-order chi connectivity index (χ0) is 18.8. The largest absolute Gasteiger partial charge is 0.465 e. The van der Waals surface area contributed by atoms with Gasteiger partial charge in [-0.15, -0.1) is 11.3 Å². The quantitative estimate of drug-likeness (QED) is 0.808. The Kier molecular flexibility index (Phi) is 5.70. The number of nitrogens with zero attached hydrogens (tertiary/aromatic N) is 2. The fourth-order valence-electron chi connectivity index (χ4n) is 3.30. The molecule has 26 heavy (non-hydrogen) atoms. The third kappa shape index (κ3) is 3.79. The van der Waals surface area contributed by atoms with Gasteiger partial charge in [0.1, 0.15) is 5.69 Å². The predicted octanol–water partition coefficient (Wildman–Crippen LogP) is 3.09. The Morgan fingerprint density at radius 3 is 2.50 bits per heavy atom. The van der Waals surface area contributed by atoms with Crippen LogP contribution < -0.4 is 0 Å². The van der Waals surface area contributed by atoms with Crippen LogP contribution in [0.25, 0.3) is 0 Å². The highest BCUT2D eigenvalue weighted by Crippen LogP contribution is 2.24. The second kappa shape index (κ2) is 7.82. The second-order valence-corrected chi connectivity index (χ2v) is 8.19. The number of hydrogen-bond donors (Lipinski definition) is 1. The lowest BCUT2D eigenvalue weighted by molar-refractivity contribution is 0.0599. The van der Waals surface area contributed by atoms with Gasteiger partial charge in [0, 0.05) is 43.3 Å². The van der Waals surface area contributed by atoms with Gasteiger partial charge in [-0.2, -0.15) is 0 Å². The number of rotatable bonds is 4. The lowest BCUT2D eigenvalue weighted by Crippen LogP contribution is -2.48. The number of methoxy groups -OCH3 is 1. The van der Waals surface area contributed by atoms with E-state index in [1.165, 1.54) is 12.0 Å². The number of amides is 1. The SMILES string of the molecule is COC(=O)c1c(C)[nH]c(C(=O)N2CCN(Cc3ccc(Cl)s3)CC2)c1C. The van der Waals surface area contributed by atoms with Crippen LogP contribution in [0.4, 0.5) is 0 Å². The number of aromatic nitrogens is 1. The molecule has 0 bridgehead atoms. The summed E-state index contributed by atoms with van der Waals surface area (Å²) >= 11 is 7.57. The Labute approximate surface area is 161 Å². The summed E-state index contributed by atoms with van der Waals surface area (Å²) in [6, 6.07) is 3.96. The summed E-state index contributed by atoms with van der Waals surface area (Å²) in [5, 5.41) is 0. The van der Waals surface area contributed by atoms with E-state index >= 15 is 0 Å². The van der Waals surface area contributed by atoms with E-state index in [9.17, 15) is 9.59 Å². The van der Waals surface area contributed by atoms with Gasteiger partial charge in [0.25, 0.3) is 5.91 Å². The van der Waals surface area contributed by atoms with Crippen LogP contribution in [0.2, 0.25) is 4.34 Å². The van der Waals surface area contributed by atoms with Crippen molar-refractivity contribution in [2.24, 2.45) is 0 Å². The van der Waals surface area contributed by atoms with E-state index in [1.807, 2.05) is 17.0 Å². The number of aromatic amines is 1. The summed E-state index contributed by atoms with van der Waals surface area (Å²) in [7, 11) is 1.34. The van der Waals surface area contributed by atoms with Crippen LogP contribution in [0.3, 0.4) is 0 Å². The van der Waals surface area contributed by atoms with Crippen molar-refractivity contribution in [2.75, 3.05) is 33.3 Å². The number of carbonyl (C=O) groups is 2. The second-order valence-electron chi connectivity index (χ2n) is 6.39. The van der Waals surface area contributed by atoms with E-state index in [0.717, 1.165) is 24.0 Å². The molecule has 1 saturated heterocycles. The zero-order valence-electron chi connectivity index (χ0n) is 15.1. The molecule has 3 heterocycles. The highest BCUT2D eigenvalue weighted by atomic mass is 35.5. The Bertz CT molecular complexity index is 822. The molecule has 0 unspecified atom stereocenters. The fourth-order valence-corrected chi connectivity index (χ4v) is 4.43. The Morgan fingerprint density at radius 1 is 1.23 bits per heavy atom. The number of esters is 1. The highest BCUT2D eigenvalue weighted by molar-refractivity contribution is 7.16. The van der Waals surface area contributed by atoms with Gasteiger partial charge in [-0.05, 0) is 31.5 Å². The molecule has 0 atom stereocenters. The van der Waals surface area contributed by atoms with Crippen LogP contribution >= 0.6 is 22.9 Å². The third-order valence-corrected chi connectivity index (χ3v) is 5.92. The number of nitrogens with one attached hydrogen (secondary N) is 1. The average Bonchev–Trinajstić information content (AvgIpc) is 3.17. The van der Waals surface area contributed by atoms with E-state index in [2.05, 4.69) is 9.88 Å². The van der Waals surface area contributed by atoms with E-state index < -0.39 is 5.97 Å². The topological polar surface area (TPSA) is 65.6 Å². The minimum Gasteiger partial charge on any atom is -0.465 e. The Hall–Kier alpha value is -1.83. The van der Waals surface area contributed by atoms with E-state index in [1.54, 1.807) is 25.2 Å². The molecule has 0 aromatic carbocycles. The molecule has 6 nitrogen and oxygen atoms in total. The molecule has 1 aliphatic rings. The van der Waals surface area contributed by atoms with E-state index in [0.29, 0.717) is 35.6 Å². The first-order valence-corrected chi connectivity index (χ1v) is 9.63. The van der Waals surface area contributed by atoms with Crippen molar-refractivity contribution in [2.45, 2.75) is 20.4 Å². The monoisotopic (exact) mass is 395 g/mol. The summed E-state index contributed by atoms with van der Waals surface area (Å²) in [4.78, 5) is 33.2.